The van der Waals surface area contributed by atoms with Gasteiger partial charge in [0.05, 0.1) is 16.8 Å². The second kappa shape index (κ2) is 5.91. The molecule has 0 N–H and O–H groups in total. The smallest absolute Gasteiger partial charge is 0.416 e. The van der Waals surface area contributed by atoms with Crippen molar-refractivity contribution in [3.8, 4) is 0 Å². The number of aliphatic imine (C=N–C) groups is 1. The molecule has 146 valence electrons. The van der Waals surface area contributed by atoms with Crippen LogP contribution in [0.25, 0.3) is 0 Å². The van der Waals surface area contributed by atoms with Gasteiger partial charge in [-0.05, 0) is 17.7 Å². The fourth-order valence-electron chi connectivity index (χ4n) is 3.70. The van der Waals surface area contributed by atoms with Crippen molar-refractivity contribution in [1.29, 1.82) is 0 Å². The highest BCUT2D eigenvalue weighted by molar-refractivity contribution is 6.10. The molecule has 1 aromatic heterocycles. The van der Waals surface area contributed by atoms with Crippen molar-refractivity contribution in [3.05, 3.63) is 61.8 Å². The Bertz CT molecular complexity index is 1140. The van der Waals surface area contributed by atoms with Gasteiger partial charge < -0.3 is 4.74 Å². The van der Waals surface area contributed by atoms with Crippen LogP contribution in [-0.4, -0.2) is 27.4 Å². The lowest BCUT2D eigenvalue weighted by atomic mass is 9.77. The highest BCUT2D eigenvalue weighted by atomic mass is 19.4. The molecule has 2 aromatic rings. The predicted octanol–water partition coefficient (Wildman–Crippen LogP) is 1.49. The average molecular weight is 393 g/mol. The Kier molecular flexibility index (Phi) is 3.84. The number of cyclic esters (lactones) is 1. The predicted molar refractivity (Wildman–Crippen MR) is 91.8 cm³/mol. The third kappa shape index (κ3) is 2.51. The molecule has 0 amide bonds. The Hall–Kier alpha value is -3.17. The first-order valence-corrected chi connectivity index (χ1v) is 8.32. The monoisotopic (exact) mass is 393 g/mol. The Morgan fingerprint density at radius 2 is 1.68 bits per heavy atom. The Balaban J connectivity index is 1.99. The number of ether oxygens (including phenoxy) is 1. The molecular formula is C18H14F3N3O4. The number of carbonyl (C=O) groups excluding carboxylic acids is 1. The molecule has 0 aliphatic carbocycles. The number of alkyl halides is 3. The molecule has 2 atom stereocenters. The van der Waals surface area contributed by atoms with Crippen LogP contribution in [0.15, 0.2) is 38.8 Å². The first-order chi connectivity index (χ1) is 13.1. The van der Waals surface area contributed by atoms with Crippen LogP contribution < -0.4 is 11.2 Å². The van der Waals surface area contributed by atoms with E-state index in [1.54, 1.807) is 0 Å². The second-order valence-electron chi connectivity index (χ2n) is 6.73. The summed E-state index contributed by atoms with van der Waals surface area (Å²) < 4.78 is 45.8. The SMILES string of the molecule is Cn1c2c(c(=O)n(C)c1=O)C(c1ccc(C(F)(F)F)cc1)C1C(=O)OCC1=N2. The van der Waals surface area contributed by atoms with E-state index in [0.717, 1.165) is 16.7 Å². The highest BCUT2D eigenvalue weighted by Gasteiger charge is 2.47. The van der Waals surface area contributed by atoms with Crippen LogP contribution in [0.1, 0.15) is 22.6 Å². The summed E-state index contributed by atoms with van der Waals surface area (Å²) in [7, 11) is 2.73. The van der Waals surface area contributed by atoms with Gasteiger partial charge in [0.2, 0.25) is 0 Å². The number of esters is 1. The summed E-state index contributed by atoms with van der Waals surface area (Å²) in [5, 5.41) is 0. The van der Waals surface area contributed by atoms with Gasteiger partial charge in [0.15, 0.2) is 0 Å². The van der Waals surface area contributed by atoms with Gasteiger partial charge in [-0.25, -0.2) is 9.79 Å². The minimum atomic E-state index is -4.51. The third-order valence-electron chi connectivity index (χ3n) is 5.13. The summed E-state index contributed by atoms with van der Waals surface area (Å²) in [4.78, 5) is 41.7. The molecule has 4 rings (SSSR count). The minimum absolute atomic E-state index is 0.0805. The number of halogens is 3. The zero-order chi connectivity index (χ0) is 20.4. The fraction of sp³-hybridized carbons (Fsp3) is 0.333. The van der Waals surface area contributed by atoms with E-state index in [9.17, 15) is 27.6 Å². The van der Waals surface area contributed by atoms with E-state index in [2.05, 4.69) is 4.99 Å². The first kappa shape index (κ1) is 18.2. The van der Waals surface area contributed by atoms with Crippen molar-refractivity contribution in [3.63, 3.8) is 0 Å². The van der Waals surface area contributed by atoms with Gasteiger partial charge in [0.25, 0.3) is 5.56 Å². The third-order valence-corrected chi connectivity index (χ3v) is 5.13. The molecular weight excluding hydrogens is 379 g/mol. The zero-order valence-corrected chi connectivity index (χ0v) is 14.8. The van der Waals surface area contributed by atoms with Gasteiger partial charge in [-0.1, -0.05) is 12.1 Å². The van der Waals surface area contributed by atoms with E-state index in [1.165, 1.54) is 30.8 Å². The number of benzene rings is 1. The summed E-state index contributed by atoms with van der Waals surface area (Å²) >= 11 is 0. The van der Waals surface area contributed by atoms with Gasteiger partial charge in [0.1, 0.15) is 18.3 Å². The maximum Gasteiger partial charge on any atom is 0.416 e. The number of aromatic nitrogens is 2. The second-order valence-corrected chi connectivity index (χ2v) is 6.73. The molecule has 28 heavy (non-hydrogen) atoms. The number of rotatable bonds is 1. The molecule has 3 heterocycles. The molecule has 0 spiro atoms. The van der Waals surface area contributed by atoms with Crippen LogP contribution in [0.5, 0.6) is 0 Å². The van der Waals surface area contributed by atoms with Crippen molar-refractivity contribution in [1.82, 2.24) is 9.13 Å². The summed E-state index contributed by atoms with van der Waals surface area (Å²) in [6.07, 6.45) is -4.51. The van der Waals surface area contributed by atoms with Crippen LogP contribution in [0.4, 0.5) is 19.0 Å². The van der Waals surface area contributed by atoms with E-state index in [1.807, 2.05) is 0 Å². The fourth-order valence-corrected chi connectivity index (χ4v) is 3.70. The Morgan fingerprint density at radius 3 is 2.29 bits per heavy atom. The molecule has 1 saturated heterocycles. The maximum atomic E-state index is 12.9. The van der Waals surface area contributed by atoms with Crippen molar-refractivity contribution in [2.24, 2.45) is 25.0 Å². The molecule has 2 aliphatic heterocycles. The van der Waals surface area contributed by atoms with Crippen molar-refractivity contribution >= 4 is 17.5 Å². The molecule has 7 nitrogen and oxygen atoms in total. The summed E-state index contributed by atoms with van der Waals surface area (Å²) in [5.41, 5.74) is -1.33. The number of fused-ring (bicyclic) bond motifs is 2. The maximum absolute atomic E-state index is 12.9. The zero-order valence-electron chi connectivity index (χ0n) is 14.8. The lowest BCUT2D eigenvalue weighted by Gasteiger charge is -2.28. The van der Waals surface area contributed by atoms with Crippen LogP contribution in [-0.2, 0) is 29.8 Å². The molecule has 2 aliphatic rings. The van der Waals surface area contributed by atoms with Gasteiger partial charge in [-0.3, -0.25) is 18.7 Å². The largest absolute Gasteiger partial charge is 0.459 e. The van der Waals surface area contributed by atoms with Crippen LogP contribution in [0.2, 0.25) is 0 Å². The molecule has 1 aromatic carbocycles. The highest BCUT2D eigenvalue weighted by Crippen LogP contribution is 2.43. The Morgan fingerprint density at radius 1 is 1.04 bits per heavy atom. The molecule has 2 unspecified atom stereocenters. The minimum Gasteiger partial charge on any atom is -0.459 e. The molecule has 0 saturated carbocycles. The summed E-state index contributed by atoms with van der Waals surface area (Å²) in [6.45, 7) is -0.0938. The summed E-state index contributed by atoms with van der Waals surface area (Å²) in [5.74, 6) is -2.34. The number of hydrogen-bond donors (Lipinski definition) is 0. The normalized spacial score (nSPS) is 21.0. The van der Waals surface area contributed by atoms with E-state index >= 15 is 0 Å². The van der Waals surface area contributed by atoms with Gasteiger partial charge in [-0.2, -0.15) is 13.2 Å². The van der Waals surface area contributed by atoms with E-state index in [4.69, 9.17) is 4.74 Å². The van der Waals surface area contributed by atoms with Crippen molar-refractivity contribution < 1.29 is 22.7 Å². The van der Waals surface area contributed by atoms with Crippen LogP contribution >= 0.6 is 0 Å². The molecule has 0 radical (unpaired) electrons. The van der Waals surface area contributed by atoms with Gasteiger partial charge >= 0.3 is 17.8 Å². The lowest BCUT2D eigenvalue weighted by Crippen LogP contribution is -2.43. The quantitative estimate of drug-likeness (QED) is 0.688. The number of hydrogen-bond acceptors (Lipinski definition) is 5. The van der Waals surface area contributed by atoms with Gasteiger partial charge in [-0.15, -0.1) is 0 Å². The van der Waals surface area contributed by atoms with E-state index in [-0.39, 0.29) is 18.0 Å². The molecule has 0 bridgehead atoms. The van der Waals surface area contributed by atoms with E-state index < -0.39 is 40.8 Å². The van der Waals surface area contributed by atoms with Crippen LogP contribution in [0, 0.1) is 5.92 Å². The van der Waals surface area contributed by atoms with Gasteiger partial charge in [0, 0.05) is 20.0 Å². The molecule has 1 fully saturated rings. The molecule has 10 heteroatoms. The first-order valence-electron chi connectivity index (χ1n) is 8.32. The summed E-state index contributed by atoms with van der Waals surface area (Å²) in [6, 6.07) is 4.26. The number of nitrogens with zero attached hydrogens (tertiary/aromatic N) is 3. The lowest BCUT2D eigenvalue weighted by molar-refractivity contribution is -0.141. The Labute approximate surface area is 155 Å². The van der Waals surface area contributed by atoms with Crippen molar-refractivity contribution in [2.45, 2.75) is 12.1 Å². The number of carbonyl (C=O) groups is 1. The van der Waals surface area contributed by atoms with Crippen LogP contribution in [0.3, 0.4) is 0 Å². The standard InChI is InChI=1S/C18H14F3N3O4/c1-23-14-13(15(25)24(2)17(23)27)11(12-10(22-14)7-28-16(12)26)8-3-5-9(6-4-8)18(19,20)21/h3-6,11-12H,7H2,1-2H3. The van der Waals surface area contributed by atoms with Crippen molar-refractivity contribution in [2.75, 3.05) is 6.61 Å². The topological polar surface area (TPSA) is 82.7 Å². The average Bonchev–Trinajstić information content (AvgIpc) is 3.03. The van der Waals surface area contributed by atoms with E-state index in [0.29, 0.717) is 11.3 Å².